The van der Waals surface area contributed by atoms with Crippen LogP contribution in [0, 0.1) is 0 Å². The molecule has 24 heavy (non-hydrogen) atoms. The number of hydrogen-bond donors (Lipinski definition) is 3. The van der Waals surface area contributed by atoms with Crippen molar-refractivity contribution in [1.29, 1.82) is 0 Å². The number of carbonyl (C=O) groups excluding carboxylic acids is 1. The largest absolute Gasteiger partial charge is 0.482 e. The van der Waals surface area contributed by atoms with E-state index < -0.39 is 11.9 Å². The van der Waals surface area contributed by atoms with Crippen LogP contribution in [0.3, 0.4) is 0 Å². The van der Waals surface area contributed by atoms with Crippen molar-refractivity contribution in [2.75, 3.05) is 11.9 Å². The second-order valence-electron chi connectivity index (χ2n) is 4.60. The molecule has 8 heteroatoms. The lowest BCUT2D eigenvalue weighted by atomic mass is 10.2. The lowest BCUT2D eigenvalue weighted by molar-refractivity contribution is -0.121. The molecule has 2 aromatic carbocycles. The third-order valence-corrected chi connectivity index (χ3v) is 3.35. The molecular formula is C16H13ClN2O4S. The molecule has 0 saturated heterocycles. The number of carboxylic acids is 1. The van der Waals surface area contributed by atoms with Gasteiger partial charge < -0.3 is 15.2 Å². The number of thiocarbonyl (C=S) groups is 1. The van der Waals surface area contributed by atoms with E-state index in [4.69, 9.17) is 33.7 Å². The molecule has 6 nitrogen and oxygen atoms in total. The van der Waals surface area contributed by atoms with Crippen molar-refractivity contribution < 1.29 is 19.4 Å². The molecule has 1 amide bonds. The molecule has 0 atom stereocenters. The number of carboxylic acid groups (broad SMARTS) is 1. The molecule has 0 saturated carbocycles. The molecule has 0 heterocycles. The van der Waals surface area contributed by atoms with Gasteiger partial charge in [-0.1, -0.05) is 23.7 Å². The SMILES string of the molecule is O=C(COc1ccccc1Cl)NC(=S)Nc1ccc(C(=O)O)cc1. The van der Waals surface area contributed by atoms with Gasteiger partial charge in [0.2, 0.25) is 0 Å². The number of hydrogen-bond acceptors (Lipinski definition) is 4. The van der Waals surface area contributed by atoms with Gasteiger partial charge in [-0.05, 0) is 48.6 Å². The molecule has 0 bridgehead atoms. The Morgan fingerprint density at radius 2 is 1.79 bits per heavy atom. The maximum atomic E-state index is 11.8. The Bertz CT molecular complexity index is 765. The third kappa shape index (κ3) is 5.22. The fourth-order valence-electron chi connectivity index (χ4n) is 1.73. The van der Waals surface area contributed by atoms with Crippen LogP contribution in [0.5, 0.6) is 5.75 Å². The van der Waals surface area contributed by atoms with Gasteiger partial charge >= 0.3 is 5.97 Å². The zero-order chi connectivity index (χ0) is 17.5. The molecule has 124 valence electrons. The first kappa shape index (κ1) is 17.7. The van der Waals surface area contributed by atoms with Crippen LogP contribution in [0.15, 0.2) is 48.5 Å². The van der Waals surface area contributed by atoms with Gasteiger partial charge in [-0.2, -0.15) is 0 Å². The molecule has 0 aliphatic rings. The highest BCUT2D eigenvalue weighted by atomic mass is 35.5. The lowest BCUT2D eigenvalue weighted by Gasteiger charge is -2.11. The first-order chi connectivity index (χ1) is 11.5. The fraction of sp³-hybridized carbons (Fsp3) is 0.0625. The Kier molecular flexibility index (Phi) is 6.11. The van der Waals surface area contributed by atoms with Gasteiger partial charge in [-0.15, -0.1) is 0 Å². The number of ether oxygens (including phenoxy) is 1. The average molecular weight is 365 g/mol. The summed E-state index contributed by atoms with van der Waals surface area (Å²) in [5.74, 6) is -1.07. The van der Waals surface area contributed by atoms with E-state index in [0.717, 1.165) is 0 Å². The molecule has 2 rings (SSSR count). The Morgan fingerprint density at radius 1 is 1.12 bits per heavy atom. The summed E-state index contributed by atoms with van der Waals surface area (Å²) < 4.78 is 5.30. The second-order valence-corrected chi connectivity index (χ2v) is 5.42. The van der Waals surface area contributed by atoms with Crippen LogP contribution in [0.4, 0.5) is 5.69 Å². The van der Waals surface area contributed by atoms with E-state index in [1.165, 1.54) is 12.1 Å². The van der Waals surface area contributed by atoms with Gasteiger partial charge in [0.1, 0.15) is 5.75 Å². The average Bonchev–Trinajstić information content (AvgIpc) is 2.54. The van der Waals surface area contributed by atoms with Gasteiger partial charge in [0.15, 0.2) is 11.7 Å². The van der Waals surface area contributed by atoms with Crippen LogP contribution in [0.1, 0.15) is 10.4 Å². The van der Waals surface area contributed by atoms with Crippen LogP contribution >= 0.6 is 23.8 Å². The van der Waals surface area contributed by atoms with Crippen molar-refractivity contribution in [3.63, 3.8) is 0 Å². The minimum atomic E-state index is -1.02. The topological polar surface area (TPSA) is 87.7 Å². The van der Waals surface area contributed by atoms with Crippen molar-refractivity contribution in [1.82, 2.24) is 5.32 Å². The standard InChI is InChI=1S/C16H13ClN2O4S/c17-12-3-1-2-4-13(12)23-9-14(20)19-16(24)18-11-7-5-10(6-8-11)15(21)22/h1-8H,9H2,(H,21,22)(H2,18,19,20,24). The number of anilines is 1. The summed E-state index contributed by atoms with van der Waals surface area (Å²) in [4.78, 5) is 22.6. The fourth-order valence-corrected chi connectivity index (χ4v) is 2.15. The number of amides is 1. The number of carbonyl (C=O) groups is 2. The number of para-hydroxylation sites is 1. The minimum absolute atomic E-state index is 0.0748. The molecule has 0 unspecified atom stereocenters. The molecule has 0 aliphatic heterocycles. The normalized spacial score (nSPS) is 9.88. The zero-order valence-corrected chi connectivity index (χ0v) is 13.9. The lowest BCUT2D eigenvalue weighted by Crippen LogP contribution is -2.37. The van der Waals surface area contributed by atoms with E-state index >= 15 is 0 Å². The summed E-state index contributed by atoms with van der Waals surface area (Å²) in [5.41, 5.74) is 0.709. The Labute approximate surface area is 148 Å². The Balaban J connectivity index is 1.82. The molecule has 2 aromatic rings. The molecule has 0 aliphatic carbocycles. The first-order valence-electron chi connectivity index (χ1n) is 6.77. The van der Waals surface area contributed by atoms with Crippen molar-refractivity contribution >= 4 is 46.5 Å². The van der Waals surface area contributed by atoms with Crippen molar-refractivity contribution in [3.8, 4) is 5.75 Å². The third-order valence-electron chi connectivity index (χ3n) is 2.84. The van der Waals surface area contributed by atoms with Crippen LogP contribution < -0.4 is 15.4 Å². The summed E-state index contributed by atoms with van der Waals surface area (Å²) in [6.45, 7) is -0.247. The van der Waals surface area contributed by atoms with Gasteiger partial charge in [-0.25, -0.2) is 4.79 Å². The molecular weight excluding hydrogens is 352 g/mol. The van der Waals surface area contributed by atoms with E-state index in [2.05, 4.69) is 10.6 Å². The summed E-state index contributed by atoms with van der Waals surface area (Å²) >= 11 is 10.9. The molecule has 0 fully saturated rings. The van der Waals surface area contributed by atoms with Crippen molar-refractivity contribution in [2.45, 2.75) is 0 Å². The zero-order valence-electron chi connectivity index (χ0n) is 12.3. The number of halogens is 1. The van der Waals surface area contributed by atoms with Crippen LogP contribution in [-0.2, 0) is 4.79 Å². The summed E-state index contributed by atoms with van der Waals surface area (Å²) in [5, 5.41) is 14.5. The van der Waals surface area contributed by atoms with E-state index in [0.29, 0.717) is 16.5 Å². The highest BCUT2D eigenvalue weighted by molar-refractivity contribution is 7.80. The van der Waals surface area contributed by atoms with Gasteiger partial charge in [0.05, 0.1) is 10.6 Å². The van der Waals surface area contributed by atoms with Gasteiger partial charge in [0, 0.05) is 5.69 Å². The quantitative estimate of drug-likeness (QED) is 0.707. The first-order valence-corrected chi connectivity index (χ1v) is 7.56. The molecule has 3 N–H and O–H groups in total. The number of nitrogens with one attached hydrogen (secondary N) is 2. The molecule has 0 spiro atoms. The predicted molar refractivity (Wildman–Crippen MR) is 94.7 cm³/mol. The number of rotatable bonds is 5. The summed E-state index contributed by atoms with van der Waals surface area (Å²) in [6, 6.07) is 12.7. The smallest absolute Gasteiger partial charge is 0.335 e. The number of aromatic carboxylic acids is 1. The van der Waals surface area contributed by atoms with E-state index in [1.807, 2.05) is 0 Å². The molecule has 0 aromatic heterocycles. The number of benzene rings is 2. The van der Waals surface area contributed by atoms with Gasteiger partial charge in [-0.3, -0.25) is 10.1 Å². The van der Waals surface area contributed by atoms with Crippen LogP contribution in [0.2, 0.25) is 5.02 Å². The second kappa shape index (κ2) is 8.28. The van der Waals surface area contributed by atoms with Gasteiger partial charge in [0.25, 0.3) is 5.91 Å². The van der Waals surface area contributed by atoms with E-state index in [1.54, 1.807) is 36.4 Å². The van der Waals surface area contributed by atoms with Crippen molar-refractivity contribution in [3.05, 3.63) is 59.1 Å². The van der Waals surface area contributed by atoms with Crippen molar-refractivity contribution in [2.24, 2.45) is 0 Å². The van der Waals surface area contributed by atoms with E-state index in [-0.39, 0.29) is 17.3 Å². The predicted octanol–water partition coefficient (Wildman–Crippen LogP) is 2.93. The monoisotopic (exact) mass is 364 g/mol. The highest BCUT2D eigenvalue weighted by Crippen LogP contribution is 2.22. The van der Waals surface area contributed by atoms with Crippen LogP contribution in [0.25, 0.3) is 0 Å². The van der Waals surface area contributed by atoms with Crippen LogP contribution in [-0.4, -0.2) is 28.7 Å². The Hall–Kier alpha value is -2.64. The maximum Gasteiger partial charge on any atom is 0.335 e. The Morgan fingerprint density at radius 3 is 2.42 bits per heavy atom. The minimum Gasteiger partial charge on any atom is -0.482 e. The summed E-state index contributed by atoms with van der Waals surface area (Å²) in [6.07, 6.45) is 0. The molecule has 0 radical (unpaired) electrons. The van der Waals surface area contributed by atoms with E-state index in [9.17, 15) is 9.59 Å². The summed E-state index contributed by atoms with van der Waals surface area (Å²) in [7, 11) is 0. The maximum absolute atomic E-state index is 11.8. The highest BCUT2D eigenvalue weighted by Gasteiger charge is 2.08.